The van der Waals surface area contributed by atoms with E-state index >= 15 is 0 Å². The van der Waals surface area contributed by atoms with Gasteiger partial charge in [-0.25, -0.2) is 4.79 Å². The van der Waals surface area contributed by atoms with E-state index in [9.17, 15) is 14.7 Å². The quantitative estimate of drug-likeness (QED) is 0.872. The zero-order valence-corrected chi connectivity index (χ0v) is 13.3. The molecule has 1 aromatic heterocycles. The molecule has 0 radical (unpaired) electrons. The number of carbonyl (C=O) groups excluding carboxylic acids is 1. The Hall–Kier alpha value is -2.34. The first kappa shape index (κ1) is 15.6. The number of aromatic nitrogens is 1. The first-order chi connectivity index (χ1) is 11.1. The molecule has 0 atom stereocenters. The summed E-state index contributed by atoms with van der Waals surface area (Å²) in [4.78, 5) is 25.7. The molecule has 0 amide bonds. The molecule has 1 aliphatic heterocycles. The number of esters is 1. The van der Waals surface area contributed by atoms with Crippen LogP contribution >= 0.6 is 0 Å². The molecule has 0 saturated heterocycles. The Kier molecular flexibility index (Phi) is 4.09. The number of likely N-dealkylation sites (N-methyl/N-ethyl adjacent to an activating group) is 1. The Morgan fingerprint density at radius 3 is 2.78 bits per heavy atom. The molecule has 122 valence electrons. The van der Waals surface area contributed by atoms with Gasteiger partial charge in [0.2, 0.25) is 0 Å². The highest BCUT2D eigenvalue weighted by atomic mass is 16.5. The van der Waals surface area contributed by atoms with Gasteiger partial charge in [0.25, 0.3) is 0 Å². The van der Waals surface area contributed by atoms with E-state index in [0.29, 0.717) is 5.52 Å². The molecule has 0 saturated carbocycles. The standard InChI is InChI=1S/C17H20N2O4/c1-3-18-8-7-14-13(9-18)11-5-4-6-12(17(21)22)16(11)19(14)10-15(20)23-2/h4-6H,3,7-10H2,1-2H3,(H,21,22). The number of hydrogen-bond donors (Lipinski definition) is 1. The van der Waals surface area contributed by atoms with Crippen LogP contribution in [0, 0.1) is 0 Å². The minimum atomic E-state index is -0.982. The molecular formula is C17H20N2O4. The molecule has 0 bridgehead atoms. The molecule has 2 heterocycles. The van der Waals surface area contributed by atoms with Crippen LogP contribution in [-0.4, -0.2) is 46.7 Å². The van der Waals surface area contributed by atoms with Gasteiger partial charge in [-0.15, -0.1) is 0 Å². The third-order valence-electron chi connectivity index (χ3n) is 4.54. The summed E-state index contributed by atoms with van der Waals surface area (Å²) >= 11 is 0. The van der Waals surface area contributed by atoms with E-state index in [1.54, 1.807) is 12.1 Å². The van der Waals surface area contributed by atoms with Gasteiger partial charge in [0.1, 0.15) is 6.54 Å². The highest BCUT2D eigenvalue weighted by molar-refractivity contribution is 6.04. The first-order valence-corrected chi connectivity index (χ1v) is 7.72. The lowest BCUT2D eigenvalue weighted by molar-refractivity contribution is -0.141. The number of para-hydroxylation sites is 1. The van der Waals surface area contributed by atoms with Crippen LogP contribution in [0.25, 0.3) is 10.9 Å². The lowest BCUT2D eigenvalue weighted by Gasteiger charge is -2.26. The van der Waals surface area contributed by atoms with Gasteiger partial charge in [0.05, 0.1) is 18.2 Å². The van der Waals surface area contributed by atoms with Crippen molar-refractivity contribution in [2.75, 3.05) is 20.2 Å². The van der Waals surface area contributed by atoms with Crippen molar-refractivity contribution in [1.29, 1.82) is 0 Å². The van der Waals surface area contributed by atoms with Gasteiger partial charge >= 0.3 is 11.9 Å². The molecular weight excluding hydrogens is 296 g/mol. The number of carboxylic acid groups (broad SMARTS) is 1. The van der Waals surface area contributed by atoms with Crippen molar-refractivity contribution >= 4 is 22.8 Å². The molecule has 0 spiro atoms. The smallest absolute Gasteiger partial charge is 0.337 e. The number of methoxy groups -OCH3 is 1. The molecule has 1 aliphatic rings. The fourth-order valence-corrected chi connectivity index (χ4v) is 3.37. The number of benzene rings is 1. The minimum Gasteiger partial charge on any atom is -0.478 e. The second-order valence-corrected chi connectivity index (χ2v) is 5.71. The minimum absolute atomic E-state index is 0.0404. The van der Waals surface area contributed by atoms with Gasteiger partial charge in [0, 0.05) is 30.6 Å². The van der Waals surface area contributed by atoms with E-state index in [1.165, 1.54) is 7.11 Å². The molecule has 0 fully saturated rings. The summed E-state index contributed by atoms with van der Waals surface area (Å²) in [5, 5.41) is 10.4. The van der Waals surface area contributed by atoms with Gasteiger partial charge in [-0.1, -0.05) is 19.1 Å². The molecule has 0 unspecified atom stereocenters. The van der Waals surface area contributed by atoms with Crippen molar-refractivity contribution < 1.29 is 19.4 Å². The molecule has 1 aromatic carbocycles. The van der Waals surface area contributed by atoms with Crippen molar-refractivity contribution in [3.8, 4) is 0 Å². The molecule has 0 aliphatic carbocycles. The predicted molar refractivity (Wildman–Crippen MR) is 85.6 cm³/mol. The van der Waals surface area contributed by atoms with Crippen molar-refractivity contribution in [2.45, 2.75) is 26.4 Å². The number of aromatic carboxylic acids is 1. The van der Waals surface area contributed by atoms with Gasteiger partial charge in [-0.05, 0) is 18.2 Å². The van der Waals surface area contributed by atoms with Gasteiger partial charge in [0.15, 0.2) is 0 Å². The normalized spacial score (nSPS) is 14.7. The van der Waals surface area contributed by atoms with Crippen LogP contribution < -0.4 is 0 Å². The van der Waals surface area contributed by atoms with Gasteiger partial charge < -0.3 is 14.4 Å². The van der Waals surface area contributed by atoms with E-state index in [0.717, 1.165) is 42.7 Å². The van der Waals surface area contributed by atoms with Crippen molar-refractivity contribution in [2.24, 2.45) is 0 Å². The topological polar surface area (TPSA) is 71.8 Å². The lowest BCUT2D eigenvalue weighted by atomic mass is 10.0. The molecule has 6 nitrogen and oxygen atoms in total. The number of ether oxygens (including phenoxy) is 1. The average Bonchev–Trinajstić information content (AvgIpc) is 2.88. The highest BCUT2D eigenvalue weighted by Gasteiger charge is 2.26. The maximum atomic E-state index is 11.8. The molecule has 1 N–H and O–H groups in total. The highest BCUT2D eigenvalue weighted by Crippen LogP contribution is 2.33. The summed E-state index contributed by atoms with van der Waals surface area (Å²) in [5.74, 6) is -1.35. The predicted octanol–water partition coefficient (Wildman–Crippen LogP) is 1.89. The SMILES string of the molecule is CCN1CCc2c(c3cccc(C(=O)O)c3n2CC(=O)OC)C1. The third kappa shape index (κ3) is 2.59. The van der Waals surface area contributed by atoms with Crippen LogP contribution in [0.15, 0.2) is 18.2 Å². The summed E-state index contributed by atoms with van der Waals surface area (Å²) in [5.41, 5.74) is 3.01. The monoisotopic (exact) mass is 316 g/mol. The van der Waals surface area contributed by atoms with Crippen LogP contribution in [0.2, 0.25) is 0 Å². The zero-order chi connectivity index (χ0) is 16.6. The number of carbonyl (C=O) groups is 2. The Morgan fingerprint density at radius 1 is 1.35 bits per heavy atom. The summed E-state index contributed by atoms with van der Waals surface area (Å²) in [6, 6.07) is 5.29. The molecule has 6 heteroatoms. The molecule has 2 aromatic rings. The number of carboxylic acids is 1. The summed E-state index contributed by atoms with van der Waals surface area (Å²) in [7, 11) is 1.34. The lowest BCUT2D eigenvalue weighted by Crippen LogP contribution is -2.31. The second-order valence-electron chi connectivity index (χ2n) is 5.71. The van der Waals surface area contributed by atoms with E-state index in [4.69, 9.17) is 4.74 Å². The number of nitrogens with zero attached hydrogens (tertiary/aromatic N) is 2. The fraction of sp³-hybridized carbons (Fsp3) is 0.412. The fourth-order valence-electron chi connectivity index (χ4n) is 3.37. The van der Waals surface area contributed by atoms with Crippen LogP contribution in [0.1, 0.15) is 28.5 Å². The summed E-state index contributed by atoms with van der Waals surface area (Å²) in [6.07, 6.45) is 0.800. The summed E-state index contributed by atoms with van der Waals surface area (Å²) in [6.45, 7) is 4.78. The Labute approximate surface area is 134 Å². The number of fused-ring (bicyclic) bond motifs is 3. The molecule has 23 heavy (non-hydrogen) atoms. The average molecular weight is 316 g/mol. The largest absolute Gasteiger partial charge is 0.478 e. The Morgan fingerprint density at radius 2 is 2.13 bits per heavy atom. The zero-order valence-electron chi connectivity index (χ0n) is 13.3. The maximum absolute atomic E-state index is 11.8. The van der Waals surface area contributed by atoms with Crippen LogP contribution in [0.5, 0.6) is 0 Å². The van der Waals surface area contributed by atoms with Crippen molar-refractivity contribution in [3.05, 3.63) is 35.0 Å². The third-order valence-corrected chi connectivity index (χ3v) is 4.54. The second kappa shape index (κ2) is 6.04. The van der Waals surface area contributed by atoms with E-state index in [2.05, 4.69) is 11.8 Å². The van der Waals surface area contributed by atoms with Crippen LogP contribution in [0.3, 0.4) is 0 Å². The Bertz CT molecular complexity index is 778. The number of hydrogen-bond acceptors (Lipinski definition) is 4. The van der Waals surface area contributed by atoms with E-state index in [-0.39, 0.29) is 18.1 Å². The first-order valence-electron chi connectivity index (χ1n) is 7.72. The van der Waals surface area contributed by atoms with E-state index in [1.807, 2.05) is 10.6 Å². The van der Waals surface area contributed by atoms with Gasteiger partial charge in [-0.2, -0.15) is 0 Å². The van der Waals surface area contributed by atoms with Crippen molar-refractivity contribution in [1.82, 2.24) is 9.47 Å². The van der Waals surface area contributed by atoms with E-state index < -0.39 is 5.97 Å². The summed E-state index contributed by atoms with van der Waals surface area (Å²) < 4.78 is 6.61. The Balaban J connectivity index is 2.26. The van der Waals surface area contributed by atoms with Gasteiger partial charge in [-0.3, -0.25) is 9.69 Å². The molecule has 3 rings (SSSR count). The number of rotatable bonds is 4. The van der Waals surface area contributed by atoms with Crippen molar-refractivity contribution in [3.63, 3.8) is 0 Å². The maximum Gasteiger partial charge on any atom is 0.337 e. The van der Waals surface area contributed by atoms with Crippen LogP contribution in [0.4, 0.5) is 0 Å². The van der Waals surface area contributed by atoms with Crippen LogP contribution in [-0.2, 0) is 29.0 Å².